The third-order valence-corrected chi connectivity index (χ3v) is 4.75. The van der Waals surface area contributed by atoms with Gasteiger partial charge < -0.3 is 15.0 Å². The molecule has 2 heterocycles. The van der Waals surface area contributed by atoms with Crippen molar-refractivity contribution in [2.75, 3.05) is 26.2 Å². The van der Waals surface area contributed by atoms with E-state index in [0.29, 0.717) is 12.2 Å². The Morgan fingerprint density at radius 2 is 1.72 bits per heavy atom. The smallest absolute Gasteiger partial charge is 0.0707 e. The SMILES string of the molecule is CC1CCN(CC2CCC(CNC3CC3)O2)CC1. The Morgan fingerprint density at radius 1 is 1.00 bits per heavy atom. The van der Waals surface area contributed by atoms with Gasteiger partial charge in [-0.2, -0.15) is 0 Å². The number of rotatable bonds is 5. The van der Waals surface area contributed by atoms with Crippen molar-refractivity contribution in [3.05, 3.63) is 0 Å². The fourth-order valence-corrected chi connectivity index (χ4v) is 3.18. The third-order valence-electron chi connectivity index (χ3n) is 4.75. The van der Waals surface area contributed by atoms with Crippen LogP contribution in [0.15, 0.2) is 0 Å². The van der Waals surface area contributed by atoms with Gasteiger partial charge in [0.1, 0.15) is 0 Å². The van der Waals surface area contributed by atoms with Crippen molar-refractivity contribution in [1.29, 1.82) is 0 Å². The number of hydrogen-bond acceptors (Lipinski definition) is 3. The van der Waals surface area contributed by atoms with E-state index >= 15 is 0 Å². The van der Waals surface area contributed by atoms with E-state index in [9.17, 15) is 0 Å². The van der Waals surface area contributed by atoms with Crippen LogP contribution in [0.5, 0.6) is 0 Å². The molecule has 0 spiro atoms. The summed E-state index contributed by atoms with van der Waals surface area (Å²) in [6.07, 6.45) is 9.02. The highest BCUT2D eigenvalue weighted by Gasteiger charge is 2.29. The summed E-state index contributed by atoms with van der Waals surface area (Å²) in [5, 5.41) is 3.59. The van der Waals surface area contributed by atoms with Gasteiger partial charge in [0.2, 0.25) is 0 Å². The summed E-state index contributed by atoms with van der Waals surface area (Å²) in [7, 11) is 0. The van der Waals surface area contributed by atoms with E-state index in [2.05, 4.69) is 17.1 Å². The Morgan fingerprint density at radius 3 is 2.44 bits per heavy atom. The average Bonchev–Trinajstić information content (AvgIpc) is 3.10. The first-order valence-corrected chi connectivity index (χ1v) is 7.91. The van der Waals surface area contributed by atoms with Crippen LogP contribution in [0.3, 0.4) is 0 Å². The molecule has 0 aromatic heterocycles. The molecule has 3 fully saturated rings. The Labute approximate surface area is 111 Å². The van der Waals surface area contributed by atoms with E-state index in [-0.39, 0.29) is 0 Å². The molecule has 2 atom stereocenters. The normalized spacial score (nSPS) is 35.2. The molecule has 0 bridgehead atoms. The lowest BCUT2D eigenvalue weighted by Gasteiger charge is -2.31. The molecule has 1 aliphatic carbocycles. The monoisotopic (exact) mass is 252 g/mol. The number of nitrogens with zero attached hydrogens (tertiary/aromatic N) is 1. The van der Waals surface area contributed by atoms with Crippen molar-refractivity contribution in [2.45, 2.75) is 63.7 Å². The molecule has 0 aromatic rings. The van der Waals surface area contributed by atoms with E-state index in [4.69, 9.17) is 4.74 Å². The van der Waals surface area contributed by atoms with Crippen LogP contribution in [0.1, 0.15) is 45.4 Å². The van der Waals surface area contributed by atoms with Crippen LogP contribution in [0.2, 0.25) is 0 Å². The summed E-state index contributed by atoms with van der Waals surface area (Å²) < 4.78 is 6.17. The number of ether oxygens (including phenoxy) is 1. The summed E-state index contributed by atoms with van der Waals surface area (Å²) in [5.41, 5.74) is 0. The van der Waals surface area contributed by atoms with Crippen molar-refractivity contribution in [3.8, 4) is 0 Å². The fourth-order valence-electron chi connectivity index (χ4n) is 3.18. The Kier molecular flexibility index (Phi) is 4.22. The molecular formula is C15H28N2O. The molecule has 0 amide bonds. The molecule has 1 saturated carbocycles. The molecule has 1 N–H and O–H groups in total. The molecule has 3 heteroatoms. The van der Waals surface area contributed by atoms with Gasteiger partial charge in [0.15, 0.2) is 0 Å². The van der Waals surface area contributed by atoms with Gasteiger partial charge in [-0.15, -0.1) is 0 Å². The van der Waals surface area contributed by atoms with Crippen LogP contribution < -0.4 is 5.32 Å². The lowest BCUT2D eigenvalue weighted by atomic mass is 9.99. The first kappa shape index (κ1) is 12.9. The van der Waals surface area contributed by atoms with Gasteiger partial charge in [0, 0.05) is 19.1 Å². The summed E-state index contributed by atoms with van der Waals surface area (Å²) >= 11 is 0. The maximum atomic E-state index is 6.17. The molecule has 3 aliphatic rings. The minimum Gasteiger partial charge on any atom is -0.372 e. The van der Waals surface area contributed by atoms with Crippen molar-refractivity contribution in [2.24, 2.45) is 5.92 Å². The molecule has 18 heavy (non-hydrogen) atoms. The predicted octanol–water partition coefficient (Wildman–Crippen LogP) is 2.02. The van der Waals surface area contributed by atoms with Crippen molar-refractivity contribution in [3.63, 3.8) is 0 Å². The minimum absolute atomic E-state index is 0.485. The summed E-state index contributed by atoms with van der Waals surface area (Å²) in [5.74, 6) is 0.932. The van der Waals surface area contributed by atoms with E-state index in [1.54, 1.807) is 0 Å². The van der Waals surface area contributed by atoms with Crippen molar-refractivity contribution in [1.82, 2.24) is 10.2 Å². The van der Waals surface area contributed by atoms with Crippen LogP contribution in [0, 0.1) is 5.92 Å². The highest BCUT2D eigenvalue weighted by Crippen LogP contribution is 2.24. The molecule has 104 valence electrons. The number of hydrogen-bond donors (Lipinski definition) is 1. The molecule has 2 unspecified atom stereocenters. The Hall–Kier alpha value is -0.120. The highest BCUT2D eigenvalue weighted by molar-refractivity contribution is 4.85. The maximum Gasteiger partial charge on any atom is 0.0707 e. The summed E-state index contributed by atoms with van der Waals surface area (Å²) in [6.45, 7) is 7.20. The van der Waals surface area contributed by atoms with Crippen molar-refractivity contribution >= 4 is 0 Å². The largest absolute Gasteiger partial charge is 0.372 e. The zero-order valence-electron chi connectivity index (χ0n) is 11.7. The van der Waals surface area contributed by atoms with Crippen LogP contribution in [-0.4, -0.2) is 49.3 Å². The topological polar surface area (TPSA) is 24.5 Å². The molecule has 3 rings (SSSR count). The zero-order chi connectivity index (χ0) is 12.4. The van der Waals surface area contributed by atoms with Crippen molar-refractivity contribution < 1.29 is 4.74 Å². The first-order chi connectivity index (χ1) is 8.79. The van der Waals surface area contributed by atoms with Gasteiger partial charge in [0.25, 0.3) is 0 Å². The lowest BCUT2D eigenvalue weighted by molar-refractivity contribution is 0.0171. The van der Waals surface area contributed by atoms with Gasteiger partial charge >= 0.3 is 0 Å². The second-order valence-corrected chi connectivity index (χ2v) is 6.62. The van der Waals surface area contributed by atoms with Crippen LogP contribution in [-0.2, 0) is 4.74 Å². The molecule has 3 nitrogen and oxygen atoms in total. The standard InChI is InChI=1S/C15H28N2O/c1-12-6-8-17(9-7-12)11-15-5-4-14(18-15)10-16-13-2-3-13/h12-16H,2-11H2,1H3. The predicted molar refractivity (Wildman–Crippen MR) is 73.8 cm³/mol. The fraction of sp³-hybridized carbons (Fsp3) is 1.00. The summed E-state index contributed by atoms with van der Waals surface area (Å²) in [6, 6.07) is 0.816. The second kappa shape index (κ2) is 5.89. The highest BCUT2D eigenvalue weighted by atomic mass is 16.5. The van der Waals surface area contributed by atoms with E-state index < -0.39 is 0 Å². The van der Waals surface area contributed by atoms with Gasteiger partial charge in [0.05, 0.1) is 12.2 Å². The van der Waals surface area contributed by atoms with Crippen LogP contribution >= 0.6 is 0 Å². The number of nitrogens with one attached hydrogen (secondary N) is 1. The minimum atomic E-state index is 0.485. The van der Waals surface area contributed by atoms with Gasteiger partial charge in [-0.05, 0) is 57.5 Å². The van der Waals surface area contributed by atoms with E-state index in [1.165, 1.54) is 58.2 Å². The Bertz CT molecular complexity index is 259. The zero-order valence-corrected chi connectivity index (χ0v) is 11.7. The third kappa shape index (κ3) is 3.69. The summed E-state index contributed by atoms with van der Waals surface area (Å²) in [4.78, 5) is 2.61. The van der Waals surface area contributed by atoms with Crippen LogP contribution in [0.25, 0.3) is 0 Å². The molecule has 0 radical (unpaired) electrons. The molecular weight excluding hydrogens is 224 g/mol. The van der Waals surface area contributed by atoms with E-state index in [1.807, 2.05) is 0 Å². The lowest BCUT2D eigenvalue weighted by Crippen LogP contribution is -2.39. The van der Waals surface area contributed by atoms with Gasteiger partial charge in [-0.25, -0.2) is 0 Å². The average molecular weight is 252 g/mol. The first-order valence-electron chi connectivity index (χ1n) is 7.91. The molecule has 2 aliphatic heterocycles. The maximum absolute atomic E-state index is 6.17. The molecule has 2 saturated heterocycles. The van der Waals surface area contributed by atoms with Gasteiger partial charge in [-0.3, -0.25) is 0 Å². The van der Waals surface area contributed by atoms with Gasteiger partial charge in [-0.1, -0.05) is 6.92 Å². The van der Waals surface area contributed by atoms with Crippen LogP contribution in [0.4, 0.5) is 0 Å². The second-order valence-electron chi connectivity index (χ2n) is 6.62. The number of piperidine rings is 1. The number of likely N-dealkylation sites (tertiary alicyclic amines) is 1. The van der Waals surface area contributed by atoms with E-state index in [0.717, 1.165) is 18.5 Å². The molecule has 0 aromatic carbocycles. The quantitative estimate of drug-likeness (QED) is 0.810. The Balaban J connectivity index is 1.33.